The fourth-order valence-corrected chi connectivity index (χ4v) is 3.88. The van der Waals surface area contributed by atoms with Gasteiger partial charge in [-0.15, -0.1) is 0 Å². The molecule has 2 fully saturated rings. The lowest BCUT2D eigenvalue weighted by molar-refractivity contribution is -0.146. The number of carboxylic acids is 1. The molecule has 0 bridgehead atoms. The van der Waals surface area contributed by atoms with Crippen LogP contribution >= 0.6 is 0 Å². The van der Waals surface area contributed by atoms with Crippen molar-refractivity contribution in [3.8, 4) is 0 Å². The van der Waals surface area contributed by atoms with Crippen molar-refractivity contribution >= 4 is 11.9 Å². The summed E-state index contributed by atoms with van der Waals surface area (Å²) in [4.78, 5) is 25.7. The zero-order valence-corrected chi connectivity index (χ0v) is 13.6. The third kappa shape index (κ3) is 3.98. The number of hydrogen-bond donors (Lipinski definition) is 1. The Labute approximate surface area is 127 Å². The molecule has 2 aliphatic carbocycles. The summed E-state index contributed by atoms with van der Waals surface area (Å²) in [6, 6.07) is 0.343. The predicted molar refractivity (Wildman–Crippen MR) is 81.9 cm³/mol. The zero-order valence-electron chi connectivity index (χ0n) is 13.6. The Morgan fingerprint density at radius 2 is 1.62 bits per heavy atom. The average molecular weight is 295 g/mol. The molecule has 0 aromatic carbocycles. The normalized spacial score (nSPS) is 29.9. The lowest BCUT2D eigenvalue weighted by Gasteiger charge is -2.40. The largest absolute Gasteiger partial charge is 0.481 e. The van der Waals surface area contributed by atoms with Gasteiger partial charge in [-0.2, -0.15) is 0 Å². The summed E-state index contributed by atoms with van der Waals surface area (Å²) >= 11 is 0. The van der Waals surface area contributed by atoms with Crippen molar-refractivity contribution in [3.05, 3.63) is 0 Å². The van der Waals surface area contributed by atoms with Crippen molar-refractivity contribution in [2.24, 2.45) is 17.3 Å². The molecular weight excluding hydrogens is 266 g/mol. The van der Waals surface area contributed by atoms with Gasteiger partial charge in [0, 0.05) is 19.0 Å². The van der Waals surface area contributed by atoms with Crippen molar-refractivity contribution in [3.63, 3.8) is 0 Å². The molecule has 0 radical (unpaired) electrons. The van der Waals surface area contributed by atoms with E-state index in [2.05, 4.69) is 13.8 Å². The number of carbonyl (C=O) groups is 2. The number of nitrogens with zero attached hydrogens (tertiary/aromatic N) is 1. The molecule has 0 aromatic heterocycles. The number of carbonyl (C=O) groups excluding carboxylic acids is 1. The molecule has 2 atom stereocenters. The van der Waals surface area contributed by atoms with E-state index in [1.54, 1.807) is 0 Å². The van der Waals surface area contributed by atoms with E-state index < -0.39 is 5.97 Å². The fourth-order valence-electron chi connectivity index (χ4n) is 3.88. The van der Waals surface area contributed by atoms with Crippen LogP contribution in [0, 0.1) is 17.3 Å². The van der Waals surface area contributed by atoms with Gasteiger partial charge in [0.25, 0.3) is 0 Å². The van der Waals surface area contributed by atoms with Gasteiger partial charge >= 0.3 is 5.97 Å². The number of rotatable bonds is 3. The van der Waals surface area contributed by atoms with Crippen molar-refractivity contribution in [1.82, 2.24) is 4.90 Å². The number of aliphatic carboxylic acids is 1. The van der Waals surface area contributed by atoms with Crippen LogP contribution in [0.15, 0.2) is 0 Å². The van der Waals surface area contributed by atoms with Crippen LogP contribution in [0.4, 0.5) is 0 Å². The van der Waals surface area contributed by atoms with E-state index in [1.807, 2.05) is 11.9 Å². The molecule has 1 amide bonds. The molecule has 0 heterocycles. The molecule has 0 aliphatic heterocycles. The SMILES string of the molecule is CN(C(=O)C1CCCC(C(=O)O)C1)C1CCC(C)(C)CC1. The summed E-state index contributed by atoms with van der Waals surface area (Å²) in [6.07, 6.45) is 7.44. The number of carboxylic acid groups (broad SMARTS) is 1. The highest BCUT2D eigenvalue weighted by Gasteiger charge is 2.36. The maximum Gasteiger partial charge on any atom is 0.306 e. The molecule has 0 aromatic rings. The summed E-state index contributed by atoms with van der Waals surface area (Å²) in [5.41, 5.74) is 0.402. The highest BCUT2D eigenvalue weighted by Crippen LogP contribution is 2.38. The first-order chi connectivity index (χ1) is 9.80. The molecule has 4 heteroatoms. The second-order valence-corrected chi connectivity index (χ2v) is 7.74. The Bertz CT molecular complexity index is 395. The van der Waals surface area contributed by atoms with Crippen molar-refractivity contribution < 1.29 is 14.7 Å². The van der Waals surface area contributed by atoms with Gasteiger partial charge in [0.15, 0.2) is 0 Å². The second kappa shape index (κ2) is 6.37. The molecule has 120 valence electrons. The Morgan fingerprint density at radius 1 is 1.05 bits per heavy atom. The molecule has 2 saturated carbocycles. The Morgan fingerprint density at radius 3 is 2.19 bits per heavy atom. The van der Waals surface area contributed by atoms with E-state index >= 15 is 0 Å². The van der Waals surface area contributed by atoms with Crippen LogP contribution < -0.4 is 0 Å². The Balaban J connectivity index is 1.91. The first-order valence-electron chi connectivity index (χ1n) is 8.29. The van der Waals surface area contributed by atoms with Gasteiger partial charge in [-0.05, 0) is 50.4 Å². The van der Waals surface area contributed by atoms with Gasteiger partial charge in [0.2, 0.25) is 5.91 Å². The summed E-state index contributed by atoms with van der Waals surface area (Å²) in [7, 11) is 1.91. The zero-order chi connectivity index (χ0) is 15.6. The standard InChI is InChI=1S/C17H29NO3/c1-17(2)9-7-14(8-10-17)18(3)15(19)12-5-4-6-13(11-12)16(20)21/h12-14H,4-11H2,1-3H3,(H,20,21). The van der Waals surface area contributed by atoms with Gasteiger partial charge in [-0.3, -0.25) is 9.59 Å². The lowest BCUT2D eigenvalue weighted by atomic mass is 9.75. The molecule has 0 spiro atoms. The smallest absolute Gasteiger partial charge is 0.306 e. The monoisotopic (exact) mass is 295 g/mol. The maximum atomic E-state index is 12.7. The Kier molecular flexibility index (Phi) is 4.95. The van der Waals surface area contributed by atoms with E-state index in [4.69, 9.17) is 5.11 Å². The molecule has 0 saturated heterocycles. The molecule has 4 nitrogen and oxygen atoms in total. The van der Waals surface area contributed by atoms with Crippen LogP contribution in [-0.2, 0) is 9.59 Å². The van der Waals surface area contributed by atoms with Crippen molar-refractivity contribution in [1.29, 1.82) is 0 Å². The topological polar surface area (TPSA) is 57.6 Å². The highest BCUT2D eigenvalue weighted by atomic mass is 16.4. The van der Waals surface area contributed by atoms with E-state index in [0.717, 1.165) is 44.9 Å². The van der Waals surface area contributed by atoms with Crippen molar-refractivity contribution in [2.45, 2.75) is 71.3 Å². The number of hydrogen-bond acceptors (Lipinski definition) is 2. The molecule has 2 aliphatic rings. The molecular formula is C17H29NO3. The van der Waals surface area contributed by atoms with Crippen LogP contribution in [0.2, 0.25) is 0 Å². The first-order valence-corrected chi connectivity index (χ1v) is 8.29. The third-order valence-corrected chi connectivity index (χ3v) is 5.58. The van der Waals surface area contributed by atoms with Crippen LogP contribution in [-0.4, -0.2) is 35.0 Å². The second-order valence-electron chi connectivity index (χ2n) is 7.74. The van der Waals surface area contributed by atoms with Gasteiger partial charge in [0.05, 0.1) is 5.92 Å². The molecule has 2 unspecified atom stereocenters. The quantitative estimate of drug-likeness (QED) is 0.869. The third-order valence-electron chi connectivity index (χ3n) is 5.58. The average Bonchev–Trinajstić information content (AvgIpc) is 2.46. The van der Waals surface area contributed by atoms with Gasteiger partial charge < -0.3 is 10.0 Å². The van der Waals surface area contributed by atoms with Crippen LogP contribution in [0.1, 0.15) is 65.2 Å². The molecule has 2 rings (SSSR count). The summed E-state index contributed by atoms with van der Waals surface area (Å²) in [5, 5.41) is 9.16. The lowest BCUT2D eigenvalue weighted by Crippen LogP contribution is -2.44. The minimum absolute atomic E-state index is 0.0835. The summed E-state index contributed by atoms with van der Waals surface area (Å²) in [6.45, 7) is 4.59. The summed E-state index contributed by atoms with van der Waals surface area (Å²) in [5.74, 6) is -0.980. The van der Waals surface area contributed by atoms with E-state index in [-0.39, 0.29) is 17.7 Å². The highest BCUT2D eigenvalue weighted by molar-refractivity contribution is 5.80. The fraction of sp³-hybridized carbons (Fsp3) is 0.882. The summed E-state index contributed by atoms with van der Waals surface area (Å²) < 4.78 is 0. The molecule has 21 heavy (non-hydrogen) atoms. The van der Waals surface area contributed by atoms with Gasteiger partial charge in [-0.1, -0.05) is 20.3 Å². The number of amides is 1. The maximum absolute atomic E-state index is 12.7. The van der Waals surface area contributed by atoms with Gasteiger partial charge in [0.1, 0.15) is 0 Å². The van der Waals surface area contributed by atoms with Crippen LogP contribution in [0.3, 0.4) is 0 Å². The van der Waals surface area contributed by atoms with E-state index in [0.29, 0.717) is 17.9 Å². The van der Waals surface area contributed by atoms with Crippen LogP contribution in [0.5, 0.6) is 0 Å². The molecule has 1 N–H and O–H groups in total. The van der Waals surface area contributed by atoms with E-state index in [9.17, 15) is 9.59 Å². The Hall–Kier alpha value is -1.06. The predicted octanol–water partition coefficient (Wildman–Crippen LogP) is 3.30. The minimum atomic E-state index is -0.741. The van der Waals surface area contributed by atoms with Crippen molar-refractivity contribution in [2.75, 3.05) is 7.05 Å². The van der Waals surface area contributed by atoms with Crippen LogP contribution in [0.25, 0.3) is 0 Å². The minimum Gasteiger partial charge on any atom is -0.481 e. The van der Waals surface area contributed by atoms with E-state index in [1.165, 1.54) is 0 Å². The van der Waals surface area contributed by atoms with Gasteiger partial charge in [-0.25, -0.2) is 0 Å². The first kappa shape index (κ1) is 16.3.